The van der Waals surface area contributed by atoms with Crippen LogP contribution in [-0.4, -0.2) is 34.0 Å². The minimum Gasteiger partial charge on any atom is -0.339 e. The number of aryl methyl sites for hydroxylation is 1. The number of pyridine rings is 1. The molecule has 1 fully saturated rings. The molecule has 0 atom stereocenters. The summed E-state index contributed by atoms with van der Waals surface area (Å²) < 4.78 is 46.0. The fourth-order valence-corrected chi connectivity index (χ4v) is 3.71. The van der Waals surface area contributed by atoms with Gasteiger partial charge in [-0.3, -0.25) is 4.79 Å². The van der Waals surface area contributed by atoms with E-state index >= 15 is 0 Å². The van der Waals surface area contributed by atoms with Crippen LogP contribution in [0.25, 0.3) is 11.1 Å². The van der Waals surface area contributed by atoms with Gasteiger partial charge in [0.05, 0.1) is 16.6 Å². The first kappa shape index (κ1) is 18.5. The zero-order valence-corrected chi connectivity index (χ0v) is 15.2. The highest BCUT2D eigenvalue weighted by Gasteiger charge is 2.28. The molecule has 28 heavy (non-hydrogen) atoms. The maximum atomic E-state index is 13.9. The molecule has 0 aliphatic carbocycles. The molecular formula is C20H18F3N3O2. The number of benzene rings is 1. The van der Waals surface area contributed by atoms with E-state index in [4.69, 9.17) is 4.52 Å². The molecule has 4 rings (SSSR count). The number of likely N-dealkylation sites (tertiary alicyclic amines) is 1. The second-order valence-corrected chi connectivity index (χ2v) is 6.93. The van der Waals surface area contributed by atoms with Crippen LogP contribution in [0.5, 0.6) is 0 Å². The topological polar surface area (TPSA) is 59.2 Å². The quantitative estimate of drug-likeness (QED) is 0.655. The monoisotopic (exact) mass is 389 g/mol. The first-order valence-electron chi connectivity index (χ1n) is 9.04. The molecule has 1 saturated heterocycles. The minimum atomic E-state index is -2.66. The number of halogens is 3. The lowest BCUT2D eigenvalue weighted by Gasteiger charge is -2.32. The highest BCUT2D eigenvalue weighted by molar-refractivity contribution is 5.94. The van der Waals surface area contributed by atoms with Gasteiger partial charge in [0, 0.05) is 30.3 Å². The van der Waals surface area contributed by atoms with Crippen molar-refractivity contribution in [2.75, 3.05) is 13.1 Å². The van der Waals surface area contributed by atoms with Gasteiger partial charge >= 0.3 is 0 Å². The molecule has 1 aliphatic rings. The Morgan fingerprint density at radius 3 is 2.64 bits per heavy atom. The number of carbonyl (C=O) groups excluding carboxylic acids is 1. The molecule has 0 unspecified atom stereocenters. The fraction of sp³-hybridized carbons (Fsp3) is 0.350. The number of fused-ring (bicyclic) bond motifs is 1. The molecule has 0 N–H and O–H groups in total. The third-order valence-corrected chi connectivity index (χ3v) is 5.21. The number of piperidine rings is 1. The third-order valence-electron chi connectivity index (χ3n) is 5.21. The number of hydrogen-bond donors (Lipinski definition) is 0. The molecule has 0 saturated carbocycles. The van der Waals surface area contributed by atoms with Gasteiger partial charge in [0.2, 0.25) is 0 Å². The van der Waals surface area contributed by atoms with E-state index < -0.39 is 12.2 Å². The number of hydrogen-bond acceptors (Lipinski definition) is 4. The molecule has 2 aromatic heterocycles. The normalized spacial score (nSPS) is 15.5. The van der Waals surface area contributed by atoms with Crippen molar-refractivity contribution < 1.29 is 22.5 Å². The Labute approximate surface area is 159 Å². The molecule has 1 aliphatic heterocycles. The summed E-state index contributed by atoms with van der Waals surface area (Å²) >= 11 is 0. The molecule has 1 amide bonds. The van der Waals surface area contributed by atoms with Crippen molar-refractivity contribution in [3.8, 4) is 0 Å². The second-order valence-electron chi connectivity index (χ2n) is 6.93. The Morgan fingerprint density at radius 2 is 1.96 bits per heavy atom. The standard InChI is InChI=1S/C20H18F3N3O2/c1-11-17-14(18(22)23)10-16(24-19(17)28-25-11)12-6-8-26(9-7-12)20(27)13-4-2-3-5-15(13)21/h2-5,10,12,18H,6-9H2,1H3. The summed E-state index contributed by atoms with van der Waals surface area (Å²) in [4.78, 5) is 18.5. The van der Waals surface area contributed by atoms with Gasteiger partial charge in [0.25, 0.3) is 18.0 Å². The van der Waals surface area contributed by atoms with Crippen LogP contribution in [0.1, 0.15) is 52.5 Å². The van der Waals surface area contributed by atoms with E-state index in [1.54, 1.807) is 17.9 Å². The Kier molecular flexibility index (Phi) is 4.78. The van der Waals surface area contributed by atoms with Crippen molar-refractivity contribution in [2.24, 2.45) is 0 Å². The molecule has 146 valence electrons. The predicted molar refractivity (Wildman–Crippen MR) is 95.8 cm³/mol. The van der Waals surface area contributed by atoms with Crippen LogP contribution < -0.4 is 0 Å². The van der Waals surface area contributed by atoms with Crippen molar-refractivity contribution in [1.29, 1.82) is 0 Å². The van der Waals surface area contributed by atoms with Crippen molar-refractivity contribution in [3.63, 3.8) is 0 Å². The van der Waals surface area contributed by atoms with E-state index in [9.17, 15) is 18.0 Å². The highest BCUT2D eigenvalue weighted by Crippen LogP contribution is 2.35. The maximum Gasteiger partial charge on any atom is 0.264 e. The lowest BCUT2D eigenvalue weighted by atomic mass is 9.91. The first-order chi connectivity index (χ1) is 13.5. The lowest BCUT2D eigenvalue weighted by Crippen LogP contribution is -2.38. The Morgan fingerprint density at radius 1 is 1.25 bits per heavy atom. The van der Waals surface area contributed by atoms with Gasteiger partial charge < -0.3 is 9.42 Å². The molecular weight excluding hydrogens is 371 g/mol. The van der Waals surface area contributed by atoms with Crippen LogP contribution in [0.4, 0.5) is 13.2 Å². The van der Waals surface area contributed by atoms with Crippen LogP contribution in [0.2, 0.25) is 0 Å². The summed E-state index contributed by atoms with van der Waals surface area (Å²) in [5.41, 5.74) is 0.906. The average Bonchev–Trinajstić information content (AvgIpc) is 3.08. The third kappa shape index (κ3) is 3.23. The number of rotatable bonds is 3. The molecule has 5 nitrogen and oxygen atoms in total. The van der Waals surface area contributed by atoms with Gasteiger partial charge in [-0.25, -0.2) is 18.2 Å². The summed E-state index contributed by atoms with van der Waals surface area (Å²) in [6.07, 6.45) is -1.56. The summed E-state index contributed by atoms with van der Waals surface area (Å²) in [5, 5.41) is 4.00. The van der Waals surface area contributed by atoms with Crippen LogP contribution in [0, 0.1) is 12.7 Å². The first-order valence-corrected chi connectivity index (χ1v) is 9.04. The molecule has 3 aromatic rings. The van der Waals surface area contributed by atoms with E-state index in [2.05, 4.69) is 10.1 Å². The Bertz CT molecular complexity index is 1030. The molecule has 3 heterocycles. The van der Waals surface area contributed by atoms with E-state index in [0.29, 0.717) is 37.3 Å². The number of aromatic nitrogens is 2. The van der Waals surface area contributed by atoms with Gasteiger partial charge in [-0.1, -0.05) is 17.3 Å². The minimum absolute atomic E-state index is 0.0395. The zero-order chi connectivity index (χ0) is 19.8. The molecule has 1 aromatic carbocycles. The van der Waals surface area contributed by atoms with Crippen molar-refractivity contribution in [1.82, 2.24) is 15.0 Å². The van der Waals surface area contributed by atoms with Crippen LogP contribution in [-0.2, 0) is 0 Å². The number of alkyl halides is 2. The smallest absolute Gasteiger partial charge is 0.264 e. The van der Waals surface area contributed by atoms with Gasteiger partial charge in [-0.2, -0.15) is 0 Å². The van der Waals surface area contributed by atoms with E-state index in [-0.39, 0.29) is 34.1 Å². The molecule has 0 bridgehead atoms. The van der Waals surface area contributed by atoms with Gasteiger partial charge in [0.1, 0.15) is 5.82 Å². The van der Waals surface area contributed by atoms with Gasteiger partial charge in [0.15, 0.2) is 0 Å². The number of carbonyl (C=O) groups is 1. The van der Waals surface area contributed by atoms with Crippen molar-refractivity contribution >= 4 is 17.0 Å². The Balaban J connectivity index is 1.54. The number of nitrogens with zero attached hydrogens (tertiary/aromatic N) is 3. The lowest BCUT2D eigenvalue weighted by molar-refractivity contribution is 0.0707. The highest BCUT2D eigenvalue weighted by atomic mass is 19.3. The maximum absolute atomic E-state index is 13.9. The van der Waals surface area contributed by atoms with Crippen LogP contribution >= 0.6 is 0 Å². The van der Waals surface area contributed by atoms with Gasteiger partial charge in [-0.15, -0.1) is 0 Å². The molecule has 0 spiro atoms. The van der Waals surface area contributed by atoms with E-state index in [1.165, 1.54) is 24.3 Å². The summed E-state index contributed by atoms with van der Waals surface area (Å²) in [5.74, 6) is -1.000. The predicted octanol–water partition coefficient (Wildman–Crippen LogP) is 4.63. The number of amides is 1. The van der Waals surface area contributed by atoms with Crippen LogP contribution in [0.15, 0.2) is 34.9 Å². The summed E-state index contributed by atoms with van der Waals surface area (Å²) in [7, 11) is 0. The van der Waals surface area contributed by atoms with Gasteiger partial charge in [-0.05, 0) is 38.0 Å². The molecule has 0 radical (unpaired) electrons. The van der Waals surface area contributed by atoms with Crippen LogP contribution in [0.3, 0.4) is 0 Å². The van der Waals surface area contributed by atoms with E-state index in [1.807, 2.05) is 0 Å². The zero-order valence-electron chi connectivity index (χ0n) is 15.2. The fourth-order valence-electron chi connectivity index (χ4n) is 3.71. The Hall–Kier alpha value is -2.90. The summed E-state index contributed by atoms with van der Waals surface area (Å²) in [6, 6.07) is 7.28. The second kappa shape index (κ2) is 7.26. The summed E-state index contributed by atoms with van der Waals surface area (Å²) in [6.45, 7) is 2.40. The largest absolute Gasteiger partial charge is 0.339 e. The SMILES string of the molecule is Cc1noc2nc(C3CCN(C(=O)c4ccccc4F)CC3)cc(C(F)F)c12. The van der Waals surface area contributed by atoms with Crippen molar-refractivity contribution in [3.05, 3.63) is 58.7 Å². The average molecular weight is 389 g/mol. The van der Waals surface area contributed by atoms with E-state index in [0.717, 1.165) is 0 Å². The molecule has 8 heteroatoms. The van der Waals surface area contributed by atoms with Crippen molar-refractivity contribution in [2.45, 2.75) is 32.1 Å².